The summed E-state index contributed by atoms with van der Waals surface area (Å²) in [5.41, 5.74) is -0.209. The third-order valence-corrected chi connectivity index (χ3v) is 5.83. The molecule has 2 fully saturated rings. The van der Waals surface area contributed by atoms with E-state index < -0.39 is 23.8 Å². The van der Waals surface area contributed by atoms with E-state index in [9.17, 15) is 19.5 Å². The lowest BCUT2D eigenvalue weighted by molar-refractivity contribution is -0.159. The van der Waals surface area contributed by atoms with Gasteiger partial charge in [0.2, 0.25) is 5.91 Å². The number of aliphatic carboxylic acids is 2. The number of rotatable bonds is 3. The highest BCUT2D eigenvalue weighted by Crippen LogP contribution is 2.68. The van der Waals surface area contributed by atoms with Gasteiger partial charge in [0, 0.05) is 19.0 Å². The summed E-state index contributed by atoms with van der Waals surface area (Å²) in [6, 6.07) is 0. The van der Waals surface area contributed by atoms with Crippen molar-refractivity contribution in [3.63, 3.8) is 0 Å². The van der Waals surface area contributed by atoms with Crippen LogP contribution in [0.3, 0.4) is 0 Å². The molecule has 0 aromatic rings. The largest absolute Gasteiger partial charge is 0.481 e. The van der Waals surface area contributed by atoms with E-state index in [1.54, 1.807) is 4.90 Å². The average molecular weight is 297 g/mol. The quantitative estimate of drug-likeness (QED) is 0.818. The van der Waals surface area contributed by atoms with Gasteiger partial charge >= 0.3 is 11.9 Å². The van der Waals surface area contributed by atoms with Gasteiger partial charge in [0.15, 0.2) is 0 Å². The van der Waals surface area contributed by atoms with Crippen LogP contribution in [0.15, 0.2) is 0 Å². The molecule has 1 amide bonds. The fraction of sp³-hybridized carbons (Fsp3) is 0.800. The Kier molecular flexibility index (Phi) is 3.54. The number of carbonyl (C=O) groups is 3. The van der Waals surface area contributed by atoms with Crippen LogP contribution in [0.5, 0.6) is 0 Å². The van der Waals surface area contributed by atoms with Crippen molar-refractivity contribution in [2.75, 3.05) is 13.1 Å². The summed E-state index contributed by atoms with van der Waals surface area (Å²) >= 11 is 0. The summed E-state index contributed by atoms with van der Waals surface area (Å²) in [4.78, 5) is 36.6. The van der Waals surface area contributed by atoms with E-state index in [0.29, 0.717) is 6.54 Å². The fourth-order valence-electron chi connectivity index (χ4n) is 3.69. The molecule has 0 spiro atoms. The molecule has 2 unspecified atom stereocenters. The SMILES string of the molecule is CC1(C)C(C(=O)N2CCC(C(=O)O)C(C(=O)O)C2)C1(C)C. The number of hydrogen-bond donors (Lipinski definition) is 2. The minimum absolute atomic E-state index is 0.00616. The molecule has 0 aromatic heterocycles. The number of carbonyl (C=O) groups excluding carboxylic acids is 1. The fourth-order valence-corrected chi connectivity index (χ4v) is 3.69. The molecule has 1 saturated carbocycles. The minimum atomic E-state index is -1.14. The normalized spacial score (nSPS) is 30.8. The van der Waals surface area contributed by atoms with Crippen molar-refractivity contribution < 1.29 is 24.6 Å². The third kappa shape index (κ3) is 2.30. The molecule has 1 aliphatic carbocycles. The Morgan fingerprint density at radius 2 is 1.43 bits per heavy atom. The van der Waals surface area contributed by atoms with Gasteiger partial charge in [-0.1, -0.05) is 27.7 Å². The van der Waals surface area contributed by atoms with Crippen LogP contribution < -0.4 is 0 Å². The maximum atomic E-state index is 12.6. The highest BCUT2D eigenvalue weighted by atomic mass is 16.4. The van der Waals surface area contributed by atoms with Crippen LogP contribution in [0, 0.1) is 28.6 Å². The molecule has 0 aromatic carbocycles. The Balaban J connectivity index is 2.12. The van der Waals surface area contributed by atoms with Crippen LogP contribution in [0.2, 0.25) is 0 Å². The first-order valence-electron chi connectivity index (χ1n) is 7.26. The smallest absolute Gasteiger partial charge is 0.309 e. The van der Waals surface area contributed by atoms with Gasteiger partial charge in [-0.3, -0.25) is 14.4 Å². The molecule has 0 bridgehead atoms. The zero-order valence-electron chi connectivity index (χ0n) is 12.9. The molecule has 2 rings (SSSR count). The molecular weight excluding hydrogens is 274 g/mol. The lowest BCUT2D eigenvalue weighted by atomic mass is 9.85. The van der Waals surface area contributed by atoms with Gasteiger partial charge in [-0.05, 0) is 17.3 Å². The highest BCUT2D eigenvalue weighted by molar-refractivity contribution is 5.86. The van der Waals surface area contributed by atoms with Crippen molar-refractivity contribution >= 4 is 17.8 Å². The van der Waals surface area contributed by atoms with Gasteiger partial charge in [0.1, 0.15) is 0 Å². The Labute approximate surface area is 124 Å². The number of amides is 1. The van der Waals surface area contributed by atoms with Crippen LogP contribution in [0.4, 0.5) is 0 Å². The lowest BCUT2D eigenvalue weighted by Gasteiger charge is -2.35. The molecular formula is C15H23NO5. The van der Waals surface area contributed by atoms with Crippen molar-refractivity contribution in [1.82, 2.24) is 4.90 Å². The molecule has 1 aliphatic heterocycles. The molecule has 2 atom stereocenters. The van der Waals surface area contributed by atoms with Gasteiger partial charge in [-0.25, -0.2) is 0 Å². The van der Waals surface area contributed by atoms with Gasteiger partial charge in [-0.15, -0.1) is 0 Å². The van der Waals surface area contributed by atoms with E-state index in [-0.39, 0.29) is 35.6 Å². The number of nitrogens with zero attached hydrogens (tertiary/aromatic N) is 1. The van der Waals surface area contributed by atoms with Crippen LogP contribution >= 0.6 is 0 Å². The van der Waals surface area contributed by atoms with Crippen LogP contribution in [0.1, 0.15) is 34.1 Å². The van der Waals surface area contributed by atoms with E-state index in [1.165, 1.54) is 0 Å². The summed E-state index contributed by atoms with van der Waals surface area (Å²) in [5, 5.41) is 18.3. The molecule has 21 heavy (non-hydrogen) atoms. The van der Waals surface area contributed by atoms with Crippen molar-refractivity contribution in [2.24, 2.45) is 28.6 Å². The van der Waals surface area contributed by atoms with Crippen molar-refractivity contribution in [2.45, 2.75) is 34.1 Å². The summed E-state index contributed by atoms with van der Waals surface area (Å²) < 4.78 is 0. The second-order valence-electron chi connectivity index (χ2n) is 7.34. The van der Waals surface area contributed by atoms with Crippen LogP contribution in [-0.2, 0) is 14.4 Å². The van der Waals surface area contributed by atoms with Crippen molar-refractivity contribution in [1.29, 1.82) is 0 Å². The van der Waals surface area contributed by atoms with Gasteiger partial charge < -0.3 is 15.1 Å². The van der Waals surface area contributed by atoms with Gasteiger partial charge in [-0.2, -0.15) is 0 Å². The van der Waals surface area contributed by atoms with Gasteiger partial charge in [0.05, 0.1) is 11.8 Å². The van der Waals surface area contributed by atoms with E-state index in [2.05, 4.69) is 0 Å². The van der Waals surface area contributed by atoms with Crippen molar-refractivity contribution in [3.8, 4) is 0 Å². The van der Waals surface area contributed by atoms with Crippen LogP contribution in [-0.4, -0.2) is 46.0 Å². The Bertz CT molecular complexity index is 482. The molecule has 6 heteroatoms. The first-order chi connectivity index (χ1) is 9.51. The Morgan fingerprint density at radius 3 is 1.81 bits per heavy atom. The Hall–Kier alpha value is -1.59. The summed E-state index contributed by atoms with van der Waals surface area (Å²) in [5.74, 6) is -4.34. The van der Waals surface area contributed by atoms with E-state index in [1.807, 2.05) is 27.7 Å². The molecule has 2 N–H and O–H groups in total. The number of likely N-dealkylation sites (tertiary alicyclic amines) is 1. The molecule has 1 saturated heterocycles. The molecule has 1 heterocycles. The summed E-state index contributed by atoms with van der Waals surface area (Å²) in [6.07, 6.45) is 0.200. The highest BCUT2D eigenvalue weighted by Gasteiger charge is 2.69. The molecule has 118 valence electrons. The topological polar surface area (TPSA) is 94.9 Å². The average Bonchev–Trinajstić information content (AvgIpc) is 2.78. The monoisotopic (exact) mass is 297 g/mol. The first-order valence-corrected chi connectivity index (χ1v) is 7.26. The number of piperidine rings is 1. The second-order valence-corrected chi connectivity index (χ2v) is 7.34. The molecule has 2 aliphatic rings. The molecule has 6 nitrogen and oxygen atoms in total. The minimum Gasteiger partial charge on any atom is -0.481 e. The first kappa shape index (κ1) is 15.8. The maximum Gasteiger partial charge on any atom is 0.309 e. The predicted molar refractivity (Wildman–Crippen MR) is 74.5 cm³/mol. The van der Waals surface area contributed by atoms with E-state index in [0.717, 1.165) is 0 Å². The number of hydrogen-bond acceptors (Lipinski definition) is 3. The van der Waals surface area contributed by atoms with E-state index >= 15 is 0 Å². The standard InChI is InChI=1S/C15H23NO5/c1-14(2)10(15(14,3)4)11(17)16-6-5-8(12(18)19)9(7-16)13(20)21/h8-10H,5-7H2,1-4H3,(H,18,19)(H,20,21). The summed E-state index contributed by atoms with van der Waals surface area (Å²) in [6.45, 7) is 8.46. The summed E-state index contributed by atoms with van der Waals surface area (Å²) in [7, 11) is 0. The predicted octanol–water partition coefficient (Wildman–Crippen LogP) is 1.30. The Morgan fingerprint density at radius 1 is 0.952 bits per heavy atom. The second kappa shape index (κ2) is 4.71. The third-order valence-electron chi connectivity index (χ3n) is 5.83. The lowest BCUT2D eigenvalue weighted by Crippen LogP contribution is -2.49. The number of carboxylic acids is 2. The zero-order valence-corrected chi connectivity index (χ0v) is 12.9. The van der Waals surface area contributed by atoms with Crippen molar-refractivity contribution in [3.05, 3.63) is 0 Å². The van der Waals surface area contributed by atoms with Gasteiger partial charge in [0.25, 0.3) is 0 Å². The van der Waals surface area contributed by atoms with E-state index in [4.69, 9.17) is 5.11 Å². The van der Waals surface area contributed by atoms with Crippen LogP contribution in [0.25, 0.3) is 0 Å². The molecule has 0 radical (unpaired) electrons. The maximum absolute atomic E-state index is 12.6. The number of carboxylic acid groups (broad SMARTS) is 2. The zero-order chi connectivity index (χ0) is 16.2.